The van der Waals surface area contributed by atoms with Crippen molar-refractivity contribution in [2.75, 3.05) is 26.3 Å². The summed E-state index contributed by atoms with van der Waals surface area (Å²) in [5.74, 6) is -0.0729. The Morgan fingerprint density at radius 1 is 0.917 bits per heavy atom. The topological polar surface area (TPSA) is 58.6 Å². The number of nitrogens with one attached hydrogen (secondary N) is 1. The SMILES string of the molecule is CCCCCC/C=C\COC(=O)CCCCCCCNCCCO. The summed E-state index contributed by atoms with van der Waals surface area (Å²) in [6, 6.07) is 0. The van der Waals surface area contributed by atoms with Crippen LogP contribution < -0.4 is 5.32 Å². The van der Waals surface area contributed by atoms with Gasteiger partial charge < -0.3 is 15.2 Å². The highest BCUT2D eigenvalue weighted by Crippen LogP contribution is 2.06. The van der Waals surface area contributed by atoms with E-state index in [2.05, 4.69) is 18.3 Å². The third kappa shape index (κ3) is 19.2. The average Bonchev–Trinajstić information content (AvgIpc) is 2.59. The maximum Gasteiger partial charge on any atom is 0.306 e. The maximum absolute atomic E-state index is 11.6. The molecule has 0 aliphatic carbocycles. The Morgan fingerprint density at radius 3 is 2.42 bits per heavy atom. The summed E-state index contributed by atoms with van der Waals surface area (Å²) in [5, 5.41) is 12.0. The molecule has 0 saturated carbocycles. The van der Waals surface area contributed by atoms with E-state index in [1.165, 1.54) is 44.9 Å². The van der Waals surface area contributed by atoms with Crippen LogP contribution in [0.1, 0.15) is 84.0 Å². The molecule has 0 radical (unpaired) electrons. The van der Waals surface area contributed by atoms with Gasteiger partial charge in [0.25, 0.3) is 0 Å². The Labute approximate surface area is 149 Å². The lowest BCUT2D eigenvalue weighted by Gasteiger charge is -2.04. The smallest absolute Gasteiger partial charge is 0.306 e. The molecular formula is C20H39NO3. The molecule has 0 rings (SSSR count). The lowest BCUT2D eigenvalue weighted by atomic mass is 10.1. The minimum absolute atomic E-state index is 0.0729. The molecule has 0 aromatic heterocycles. The number of aliphatic hydroxyl groups is 1. The van der Waals surface area contributed by atoms with Crippen LogP contribution in [0.5, 0.6) is 0 Å². The number of carbonyl (C=O) groups is 1. The van der Waals surface area contributed by atoms with Gasteiger partial charge in [-0.25, -0.2) is 0 Å². The molecule has 0 bridgehead atoms. The van der Waals surface area contributed by atoms with E-state index in [0.29, 0.717) is 13.0 Å². The van der Waals surface area contributed by atoms with Crippen LogP contribution >= 0.6 is 0 Å². The van der Waals surface area contributed by atoms with Gasteiger partial charge in [0.05, 0.1) is 0 Å². The van der Waals surface area contributed by atoms with Gasteiger partial charge in [-0.1, -0.05) is 57.6 Å². The van der Waals surface area contributed by atoms with Gasteiger partial charge in [-0.05, 0) is 45.2 Å². The Morgan fingerprint density at radius 2 is 1.62 bits per heavy atom. The van der Waals surface area contributed by atoms with E-state index in [9.17, 15) is 4.79 Å². The van der Waals surface area contributed by atoms with E-state index in [-0.39, 0.29) is 12.6 Å². The Kier molecular flexibility index (Phi) is 19.4. The first-order valence-electron chi connectivity index (χ1n) is 9.93. The van der Waals surface area contributed by atoms with Crippen LogP contribution in [0.2, 0.25) is 0 Å². The number of allylic oxidation sites excluding steroid dienone is 1. The van der Waals surface area contributed by atoms with Crippen molar-refractivity contribution in [3.8, 4) is 0 Å². The molecule has 0 fully saturated rings. The fourth-order valence-electron chi connectivity index (χ4n) is 2.47. The summed E-state index contributed by atoms with van der Waals surface area (Å²) in [4.78, 5) is 11.6. The van der Waals surface area contributed by atoms with Crippen molar-refractivity contribution < 1.29 is 14.6 Å². The Hall–Kier alpha value is -0.870. The van der Waals surface area contributed by atoms with E-state index in [1.54, 1.807) is 0 Å². The molecule has 24 heavy (non-hydrogen) atoms. The average molecular weight is 342 g/mol. The van der Waals surface area contributed by atoms with Crippen molar-refractivity contribution in [1.29, 1.82) is 0 Å². The molecule has 0 aromatic rings. The monoisotopic (exact) mass is 341 g/mol. The van der Waals surface area contributed by atoms with Crippen LogP contribution in [0, 0.1) is 0 Å². The van der Waals surface area contributed by atoms with E-state index >= 15 is 0 Å². The number of hydrogen-bond donors (Lipinski definition) is 2. The molecule has 0 spiro atoms. The molecule has 0 unspecified atom stereocenters. The van der Waals surface area contributed by atoms with Gasteiger partial charge >= 0.3 is 5.97 Å². The maximum atomic E-state index is 11.6. The normalized spacial score (nSPS) is 11.2. The summed E-state index contributed by atoms with van der Waals surface area (Å²) in [6.45, 7) is 4.82. The lowest BCUT2D eigenvalue weighted by Crippen LogP contribution is -2.17. The second-order valence-electron chi connectivity index (χ2n) is 6.35. The second kappa shape index (κ2) is 20.2. The first-order valence-corrected chi connectivity index (χ1v) is 9.93. The minimum atomic E-state index is -0.0729. The van der Waals surface area contributed by atoms with E-state index in [1.807, 2.05) is 6.08 Å². The number of unbranched alkanes of at least 4 members (excludes halogenated alkanes) is 8. The third-order valence-corrected chi connectivity index (χ3v) is 3.98. The number of carbonyl (C=O) groups excluding carboxylic acids is 1. The molecule has 0 aliphatic rings. The quantitative estimate of drug-likeness (QED) is 0.221. The van der Waals surface area contributed by atoms with Gasteiger partial charge in [-0.3, -0.25) is 4.79 Å². The summed E-state index contributed by atoms with van der Waals surface area (Å²) in [5.41, 5.74) is 0. The molecule has 4 heteroatoms. The highest BCUT2D eigenvalue weighted by atomic mass is 16.5. The summed E-state index contributed by atoms with van der Waals surface area (Å²) in [6.07, 6.45) is 17.2. The third-order valence-electron chi connectivity index (χ3n) is 3.98. The van der Waals surface area contributed by atoms with Crippen molar-refractivity contribution >= 4 is 5.97 Å². The van der Waals surface area contributed by atoms with Crippen LogP contribution in [0.3, 0.4) is 0 Å². The van der Waals surface area contributed by atoms with Crippen molar-refractivity contribution in [2.45, 2.75) is 84.0 Å². The van der Waals surface area contributed by atoms with Gasteiger partial charge in [0.1, 0.15) is 6.61 Å². The van der Waals surface area contributed by atoms with Crippen molar-refractivity contribution in [3.63, 3.8) is 0 Å². The first-order chi connectivity index (χ1) is 11.8. The summed E-state index contributed by atoms with van der Waals surface area (Å²) >= 11 is 0. The Bertz CT molecular complexity index is 293. The fourth-order valence-corrected chi connectivity index (χ4v) is 2.47. The zero-order valence-electron chi connectivity index (χ0n) is 15.7. The molecule has 2 N–H and O–H groups in total. The van der Waals surface area contributed by atoms with Crippen molar-refractivity contribution in [2.24, 2.45) is 0 Å². The van der Waals surface area contributed by atoms with E-state index < -0.39 is 0 Å². The molecule has 0 amide bonds. The van der Waals surface area contributed by atoms with Gasteiger partial charge in [-0.2, -0.15) is 0 Å². The fraction of sp³-hybridized carbons (Fsp3) is 0.850. The predicted octanol–water partition coefficient (Wildman–Crippen LogP) is 4.37. The van der Waals surface area contributed by atoms with Crippen molar-refractivity contribution in [3.05, 3.63) is 12.2 Å². The Balaban J connectivity index is 3.22. The van der Waals surface area contributed by atoms with Crippen LogP contribution in [0.15, 0.2) is 12.2 Å². The van der Waals surface area contributed by atoms with Crippen LogP contribution in [-0.2, 0) is 9.53 Å². The number of hydrogen-bond acceptors (Lipinski definition) is 4. The zero-order chi connectivity index (χ0) is 17.7. The second-order valence-corrected chi connectivity index (χ2v) is 6.35. The first kappa shape index (κ1) is 23.1. The van der Waals surface area contributed by atoms with E-state index in [4.69, 9.17) is 9.84 Å². The molecule has 0 heterocycles. The zero-order valence-corrected chi connectivity index (χ0v) is 15.7. The number of ether oxygens (including phenoxy) is 1. The number of aliphatic hydroxyl groups excluding tert-OH is 1. The molecular weight excluding hydrogens is 302 g/mol. The number of esters is 1. The van der Waals surface area contributed by atoms with Gasteiger partial charge in [0.15, 0.2) is 0 Å². The summed E-state index contributed by atoms with van der Waals surface area (Å²) < 4.78 is 5.20. The largest absolute Gasteiger partial charge is 0.461 e. The van der Waals surface area contributed by atoms with Crippen LogP contribution in [0.25, 0.3) is 0 Å². The number of rotatable bonds is 18. The molecule has 0 saturated heterocycles. The van der Waals surface area contributed by atoms with Gasteiger partial charge in [-0.15, -0.1) is 0 Å². The predicted molar refractivity (Wildman–Crippen MR) is 101 cm³/mol. The lowest BCUT2D eigenvalue weighted by molar-refractivity contribution is -0.142. The van der Waals surface area contributed by atoms with Gasteiger partial charge in [0.2, 0.25) is 0 Å². The minimum Gasteiger partial charge on any atom is -0.461 e. The molecule has 0 aromatic carbocycles. The van der Waals surface area contributed by atoms with Crippen LogP contribution in [0.4, 0.5) is 0 Å². The molecule has 0 aliphatic heterocycles. The summed E-state index contributed by atoms with van der Waals surface area (Å²) in [7, 11) is 0. The molecule has 4 nitrogen and oxygen atoms in total. The van der Waals surface area contributed by atoms with Gasteiger partial charge in [0, 0.05) is 13.0 Å². The molecule has 0 atom stereocenters. The van der Waals surface area contributed by atoms with Crippen molar-refractivity contribution in [1.82, 2.24) is 5.32 Å². The highest BCUT2D eigenvalue weighted by Gasteiger charge is 2.01. The highest BCUT2D eigenvalue weighted by molar-refractivity contribution is 5.69. The van der Waals surface area contributed by atoms with E-state index in [0.717, 1.165) is 38.8 Å². The molecule has 142 valence electrons. The standard InChI is InChI=1S/C20H39NO3/c1-2-3-4-5-6-10-13-19-24-20(23)15-11-8-7-9-12-16-21-17-14-18-22/h10,13,21-22H,2-9,11-12,14-19H2,1H3/b13-10-. The van der Waals surface area contributed by atoms with Crippen LogP contribution in [-0.4, -0.2) is 37.4 Å².